The number of ether oxygens (including phenoxy) is 2. The van der Waals surface area contributed by atoms with Gasteiger partial charge in [0.25, 0.3) is 0 Å². The summed E-state index contributed by atoms with van der Waals surface area (Å²) in [5.74, 6) is 0.373. The maximum absolute atomic E-state index is 12.0. The van der Waals surface area contributed by atoms with E-state index in [4.69, 9.17) is 21.1 Å². The van der Waals surface area contributed by atoms with Crippen LogP contribution in [0, 0.1) is 0 Å². The molecule has 10 heteroatoms. The van der Waals surface area contributed by atoms with E-state index in [2.05, 4.69) is 20.9 Å². The first-order chi connectivity index (χ1) is 11.5. The molecule has 0 fully saturated rings. The summed E-state index contributed by atoms with van der Waals surface area (Å²) in [6.45, 7) is 1.85. The quantitative estimate of drug-likeness (QED) is 0.823. The van der Waals surface area contributed by atoms with Gasteiger partial charge >= 0.3 is 6.09 Å². The van der Waals surface area contributed by atoms with Gasteiger partial charge in [-0.3, -0.25) is 10.1 Å². The molecule has 0 aliphatic carbocycles. The number of methoxy groups -OCH3 is 1. The molecule has 2 amide bonds. The maximum Gasteiger partial charge on any atom is 0.412 e. The van der Waals surface area contributed by atoms with Crippen LogP contribution >= 0.6 is 11.6 Å². The Bertz CT molecular complexity index is 734. The third-order valence-corrected chi connectivity index (χ3v) is 3.08. The maximum atomic E-state index is 12.0. The van der Waals surface area contributed by atoms with Crippen molar-refractivity contribution in [2.24, 2.45) is 0 Å². The highest BCUT2D eigenvalue weighted by molar-refractivity contribution is 6.32. The highest BCUT2D eigenvalue weighted by atomic mass is 35.5. The molecule has 1 aromatic heterocycles. The van der Waals surface area contributed by atoms with Gasteiger partial charge in [0.2, 0.25) is 5.91 Å². The van der Waals surface area contributed by atoms with E-state index >= 15 is 0 Å². The molecule has 9 nitrogen and oxygen atoms in total. The minimum atomic E-state index is -0.637. The van der Waals surface area contributed by atoms with Gasteiger partial charge in [0.1, 0.15) is 12.3 Å². The van der Waals surface area contributed by atoms with Gasteiger partial charge in [0, 0.05) is 5.69 Å². The summed E-state index contributed by atoms with van der Waals surface area (Å²) in [5, 5.41) is 12.9. The van der Waals surface area contributed by atoms with Gasteiger partial charge in [-0.25, -0.2) is 9.48 Å². The van der Waals surface area contributed by atoms with E-state index in [0.717, 1.165) is 0 Å². The number of anilines is 2. The van der Waals surface area contributed by atoms with Crippen LogP contribution in [0.5, 0.6) is 5.75 Å². The van der Waals surface area contributed by atoms with Crippen molar-refractivity contribution < 1.29 is 19.1 Å². The van der Waals surface area contributed by atoms with Gasteiger partial charge < -0.3 is 14.8 Å². The normalized spacial score (nSPS) is 10.1. The Kier molecular flexibility index (Phi) is 5.96. The number of amides is 2. The van der Waals surface area contributed by atoms with Crippen LogP contribution < -0.4 is 15.4 Å². The third kappa shape index (κ3) is 4.85. The van der Waals surface area contributed by atoms with Crippen molar-refractivity contribution in [2.75, 3.05) is 24.4 Å². The van der Waals surface area contributed by atoms with Crippen LogP contribution in [0.3, 0.4) is 0 Å². The summed E-state index contributed by atoms with van der Waals surface area (Å²) >= 11 is 5.99. The number of nitrogens with one attached hydrogen (secondary N) is 2. The topological polar surface area (TPSA) is 107 Å². The van der Waals surface area contributed by atoms with Crippen LogP contribution in [-0.4, -0.2) is 40.7 Å². The fourth-order valence-corrected chi connectivity index (χ4v) is 2.05. The van der Waals surface area contributed by atoms with Gasteiger partial charge in [-0.1, -0.05) is 16.8 Å². The first-order valence-electron chi connectivity index (χ1n) is 6.99. The van der Waals surface area contributed by atoms with Gasteiger partial charge in [0.05, 0.1) is 24.9 Å². The molecule has 128 valence electrons. The van der Waals surface area contributed by atoms with Gasteiger partial charge in [-0.15, -0.1) is 5.10 Å². The Morgan fingerprint density at radius 2 is 2.12 bits per heavy atom. The number of halogens is 1. The summed E-state index contributed by atoms with van der Waals surface area (Å²) in [7, 11) is 1.51. The number of hydrogen-bond acceptors (Lipinski definition) is 6. The summed E-state index contributed by atoms with van der Waals surface area (Å²) in [6.07, 6.45) is 0.777. The van der Waals surface area contributed by atoms with E-state index in [1.54, 1.807) is 25.1 Å². The van der Waals surface area contributed by atoms with Crippen molar-refractivity contribution in [2.45, 2.75) is 13.5 Å². The predicted molar refractivity (Wildman–Crippen MR) is 87.3 cm³/mol. The average Bonchev–Trinajstić information content (AvgIpc) is 2.94. The Morgan fingerprint density at radius 1 is 1.33 bits per heavy atom. The van der Waals surface area contributed by atoms with E-state index in [1.807, 2.05) is 0 Å². The zero-order chi connectivity index (χ0) is 17.5. The van der Waals surface area contributed by atoms with Crippen molar-refractivity contribution in [1.29, 1.82) is 0 Å². The van der Waals surface area contributed by atoms with Gasteiger partial charge in [0.15, 0.2) is 5.82 Å². The second-order valence-corrected chi connectivity index (χ2v) is 4.95. The van der Waals surface area contributed by atoms with E-state index in [-0.39, 0.29) is 24.9 Å². The molecule has 0 radical (unpaired) electrons. The molecule has 1 heterocycles. The van der Waals surface area contributed by atoms with Crippen molar-refractivity contribution in [3.63, 3.8) is 0 Å². The van der Waals surface area contributed by atoms with Crippen LogP contribution in [0.4, 0.5) is 16.3 Å². The molecular formula is C14H16ClN5O4. The number of hydrogen-bond donors (Lipinski definition) is 2. The van der Waals surface area contributed by atoms with E-state index in [0.29, 0.717) is 16.5 Å². The molecule has 2 N–H and O–H groups in total. The van der Waals surface area contributed by atoms with Crippen LogP contribution in [0.15, 0.2) is 24.4 Å². The number of benzene rings is 1. The number of aromatic nitrogens is 3. The van der Waals surface area contributed by atoms with Crippen LogP contribution in [0.1, 0.15) is 6.92 Å². The minimum Gasteiger partial charge on any atom is -0.495 e. The van der Waals surface area contributed by atoms with Gasteiger partial charge in [-0.05, 0) is 25.1 Å². The third-order valence-electron chi connectivity index (χ3n) is 2.79. The molecule has 2 aromatic rings. The Hall–Kier alpha value is -2.81. The average molecular weight is 354 g/mol. The molecule has 0 saturated carbocycles. The molecular weight excluding hydrogens is 338 g/mol. The SMILES string of the molecule is CCOC(=O)Nc1cn(CC(=O)Nc2ccc(OC)c(Cl)c2)nn1. The van der Waals surface area contributed by atoms with Crippen LogP contribution in [0.25, 0.3) is 0 Å². The lowest BCUT2D eigenvalue weighted by Crippen LogP contribution is -2.19. The lowest BCUT2D eigenvalue weighted by Gasteiger charge is -2.07. The smallest absolute Gasteiger partial charge is 0.412 e. The molecule has 0 aliphatic rings. The van der Waals surface area contributed by atoms with E-state index in [1.165, 1.54) is 18.0 Å². The van der Waals surface area contributed by atoms with E-state index in [9.17, 15) is 9.59 Å². The summed E-state index contributed by atoms with van der Waals surface area (Å²) in [5.41, 5.74) is 0.524. The molecule has 0 saturated heterocycles. The fourth-order valence-electron chi connectivity index (χ4n) is 1.80. The molecule has 24 heavy (non-hydrogen) atoms. The number of rotatable bonds is 6. The number of carbonyl (C=O) groups is 2. The second kappa shape index (κ2) is 8.16. The first kappa shape index (κ1) is 17.5. The van der Waals surface area contributed by atoms with E-state index < -0.39 is 6.09 Å². The minimum absolute atomic E-state index is 0.0822. The Labute approximate surface area is 142 Å². The van der Waals surface area contributed by atoms with Crippen molar-refractivity contribution in [3.05, 3.63) is 29.4 Å². The summed E-state index contributed by atoms with van der Waals surface area (Å²) < 4.78 is 11.0. The monoisotopic (exact) mass is 353 g/mol. The van der Waals surface area contributed by atoms with Crippen molar-refractivity contribution in [1.82, 2.24) is 15.0 Å². The zero-order valence-electron chi connectivity index (χ0n) is 13.1. The molecule has 0 spiro atoms. The van der Waals surface area contributed by atoms with Crippen molar-refractivity contribution in [3.8, 4) is 5.75 Å². The fraction of sp³-hybridized carbons (Fsp3) is 0.286. The predicted octanol–water partition coefficient (Wildman–Crippen LogP) is 2.15. The largest absolute Gasteiger partial charge is 0.495 e. The second-order valence-electron chi connectivity index (χ2n) is 4.54. The Morgan fingerprint density at radius 3 is 2.79 bits per heavy atom. The molecule has 0 unspecified atom stereocenters. The lowest BCUT2D eigenvalue weighted by molar-refractivity contribution is -0.116. The van der Waals surface area contributed by atoms with Crippen LogP contribution in [-0.2, 0) is 16.1 Å². The lowest BCUT2D eigenvalue weighted by atomic mass is 10.3. The van der Waals surface area contributed by atoms with Crippen LogP contribution in [0.2, 0.25) is 5.02 Å². The molecule has 2 rings (SSSR count). The summed E-state index contributed by atoms with van der Waals surface area (Å²) in [6, 6.07) is 4.89. The number of carbonyl (C=O) groups excluding carboxylic acids is 2. The highest BCUT2D eigenvalue weighted by Gasteiger charge is 2.10. The first-order valence-corrected chi connectivity index (χ1v) is 7.37. The summed E-state index contributed by atoms with van der Waals surface area (Å²) in [4.78, 5) is 23.3. The van der Waals surface area contributed by atoms with Gasteiger partial charge in [-0.2, -0.15) is 0 Å². The Balaban J connectivity index is 1.92. The molecule has 0 bridgehead atoms. The molecule has 1 aromatic carbocycles. The molecule has 0 aliphatic heterocycles. The highest BCUT2D eigenvalue weighted by Crippen LogP contribution is 2.27. The molecule has 0 atom stereocenters. The van der Waals surface area contributed by atoms with Crippen molar-refractivity contribution >= 4 is 35.1 Å². The zero-order valence-corrected chi connectivity index (χ0v) is 13.8. The number of nitrogens with zero attached hydrogens (tertiary/aromatic N) is 3. The standard InChI is InChI=1S/C14H16ClN5O4/c1-3-24-14(22)17-12-7-20(19-18-12)8-13(21)16-9-4-5-11(23-2)10(15)6-9/h4-7H,3,8H2,1-2H3,(H,16,21)(H,17,22).